The first-order valence-electron chi connectivity index (χ1n) is 5.67. The van der Waals surface area contributed by atoms with E-state index >= 15 is 0 Å². The van der Waals surface area contributed by atoms with Crippen molar-refractivity contribution < 1.29 is 4.79 Å². The van der Waals surface area contributed by atoms with Crippen molar-refractivity contribution in [3.63, 3.8) is 0 Å². The third kappa shape index (κ3) is 1.87. The molecule has 0 fully saturated rings. The lowest BCUT2D eigenvalue weighted by atomic mass is 10.1. The molecule has 2 nitrogen and oxygen atoms in total. The van der Waals surface area contributed by atoms with E-state index in [4.69, 9.17) is 0 Å². The molecule has 0 aliphatic rings. The highest BCUT2D eigenvalue weighted by atomic mass is 16.1. The van der Waals surface area contributed by atoms with Gasteiger partial charge in [0.25, 0.3) is 0 Å². The summed E-state index contributed by atoms with van der Waals surface area (Å²) in [4.78, 5) is 11.8. The molecule has 0 unspecified atom stereocenters. The van der Waals surface area contributed by atoms with E-state index in [2.05, 4.69) is 22.8 Å². The Hall–Kier alpha value is -1.57. The highest BCUT2D eigenvalue weighted by molar-refractivity contribution is 5.85. The second-order valence-corrected chi connectivity index (χ2v) is 4.55. The fourth-order valence-corrected chi connectivity index (χ4v) is 1.90. The molecule has 2 heteroatoms. The summed E-state index contributed by atoms with van der Waals surface area (Å²) in [6.45, 7) is 6.43. The first-order valence-corrected chi connectivity index (χ1v) is 5.67. The van der Waals surface area contributed by atoms with Gasteiger partial charge in [0, 0.05) is 17.1 Å². The van der Waals surface area contributed by atoms with Crippen LogP contribution in [0.3, 0.4) is 0 Å². The van der Waals surface area contributed by atoms with Gasteiger partial charge in [-0.05, 0) is 24.4 Å². The summed E-state index contributed by atoms with van der Waals surface area (Å²) in [7, 11) is 0. The van der Waals surface area contributed by atoms with Crippen LogP contribution in [-0.2, 0) is 11.3 Å². The maximum absolute atomic E-state index is 11.8. The smallest absolute Gasteiger partial charge is 0.155 e. The van der Waals surface area contributed by atoms with Crippen LogP contribution in [0.1, 0.15) is 19.5 Å². The van der Waals surface area contributed by atoms with E-state index < -0.39 is 0 Å². The molecule has 1 heterocycles. The number of aromatic nitrogens is 1. The number of hydrogen-bond donors (Lipinski definition) is 0. The second kappa shape index (κ2) is 4.12. The Bertz CT molecular complexity index is 523. The van der Waals surface area contributed by atoms with Crippen molar-refractivity contribution in [2.24, 2.45) is 5.92 Å². The second-order valence-electron chi connectivity index (χ2n) is 4.55. The lowest BCUT2D eigenvalue weighted by Gasteiger charge is -2.09. The van der Waals surface area contributed by atoms with Crippen molar-refractivity contribution in [3.05, 3.63) is 36.0 Å². The molecule has 16 heavy (non-hydrogen) atoms. The average molecular weight is 215 g/mol. The molecule has 2 rings (SSSR count). The third-order valence-corrected chi connectivity index (χ3v) is 2.98. The quantitative estimate of drug-likeness (QED) is 0.770. The van der Waals surface area contributed by atoms with Crippen LogP contribution in [0.15, 0.2) is 30.3 Å². The Morgan fingerprint density at radius 1 is 1.31 bits per heavy atom. The highest BCUT2D eigenvalue weighted by Crippen LogP contribution is 2.19. The zero-order valence-electron chi connectivity index (χ0n) is 10.0. The predicted molar refractivity (Wildman–Crippen MR) is 66.5 cm³/mol. The van der Waals surface area contributed by atoms with Crippen LogP contribution in [0, 0.1) is 12.8 Å². The monoisotopic (exact) mass is 215 g/mol. The average Bonchev–Trinajstić information content (AvgIpc) is 2.55. The van der Waals surface area contributed by atoms with Gasteiger partial charge < -0.3 is 4.57 Å². The lowest BCUT2D eigenvalue weighted by Crippen LogP contribution is -2.16. The van der Waals surface area contributed by atoms with Gasteiger partial charge >= 0.3 is 0 Å². The molecule has 0 bridgehead atoms. The summed E-state index contributed by atoms with van der Waals surface area (Å²) < 4.78 is 2.09. The maximum Gasteiger partial charge on any atom is 0.155 e. The van der Waals surface area contributed by atoms with Crippen LogP contribution in [-0.4, -0.2) is 10.4 Å². The summed E-state index contributed by atoms with van der Waals surface area (Å²) in [6, 6.07) is 10.3. The molecule has 84 valence electrons. The Morgan fingerprint density at radius 3 is 2.69 bits per heavy atom. The van der Waals surface area contributed by atoms with Gasteiger partial charge in [-0.1, -0.05) is 32.0 Å². The van der Waals surface area contributed by atoms with Gasteiger partial charge in [-0.25, -0.2) is 0 Å². The number of benzene rings is 1. The highest BCUT2D eigenvalue weighted by Gasteiger charge is 2.11. The minimum atomic E-state index is 0.0977. The number of hydrogen-bond acceptors (Lipinski definition) is 1. The number of aryl methyl sites for hydroxylation is 1. The van der Waals surface area contributed by atoms with Gasteiger partial charge in [0.1, 0.15) is 0 Å². The molecule has 0 spiro atoms. The molecule has 0 aliphatic heterocycles. The number of rotatable bonds is 3. The molecular formula is C14H17NO. The topological polar surface area (TPSA) is 22.0 Å². The van der Waals surface area contributed by atoms with E-state index in [1.165, 1.54) is 5.39 Å². The van der Waals surface area contributed by atoms with Crippen LogP contribution in [0.2, 0.25) is 0 Å². The zero-order valence-corrected chi connectivity index (χ0v) is 10.0. The number of nitrogens with zero attached hydrogens (tertiary/aromatic N) is 1. The molecule has 1 aromatic carbocycles. The minimum Gasteiger partial charge on any atom is -0.337 e. The van der Waals surface area contributed by atoms with E-state index in [1.807, 2.05) is 32.9 Å². The number of carbonyl (C=O) groups is 1. The van der Waals surface area contributed by atoms with Crippen molar-refractivity contribution in [2.45, 2.75) is 27.3 Å². The molecule has 0 N–H and O–H groups in total. The van der Waals surface area contributed by atoms with E-state index in [-0.39, 0.29) is 11.7 Å². The molecule has 2 aromatic rings. The van der Waals surface area contributed by atoms with Crippen LogP contribution in [0.4, 0.5) is 0 Å². The van der Waals surface area contributed by atoms with Crippen molar-refractivity contribution in [1.29, 1.82) is 0 Å². The van der Waals surface area contributed by atoms with E-state index in [1.54, 1.807) is 0 Å². The number of para-hydroxylation sites is 1. The largest absolute Gasteiger partial charge is 0.337 e. The van der Waals surface area contributed by atoms with Gasteiger partial charge in [-0.15, -0.1) is 0 Å². The molecule has 0 amide bonds. The number of carbonyl (C=O) groups excluding carboxylic acids is 1. The van der Waals surface area contributed by atoms with Crippen LogP contribution < -0.4 is 0 Å². The maximum atomic E-state index is 11.8. The van der Waals surface area contributed by atoms with Crippen molar-refractivity contribution in [3.8, 4) is 0 Å². The molecule has 0 saturated heterocycles. The molecule has 0 radical (unpaired) electrons. The summed E-state index contributed by atoms with van der Waals surface area (Å²) in [5.74, 6) is 0.380. The minimum absolute atomic E-state index is 0.0977. The normalized spacial score (nSPS) is 11.2. The number of fused-ring (bicyclic) bond motifs is 1. The van der Waals surface area contributed by atoms with Gasteiger partial charge in [0.05, 0.1) is 6.54 Å². The number of ketones is 1. The van der Waals surface area contributed by atoms with Gasteiger partial charge in [-0.3, -0.25) is 4.79 Å². The first kappa shape index (κ1) is 10.9. The molecule has 0 aliphatic carbocycles. The Morgan fingerprint density at radius 2 is 2.00 bits per heavy atom. The van der Waals surface area contributed by atoms with Crippen molar-refractivity contribution in [1.82, 2.24) is 4.57 Å². The standard InChI is InChI=1S/C14H17NO/c1-10(2)14(16)9-15-11(3)8-12-6-4-5-7-13(12)15/h4-8,10H,9H2,1-3H3. The van der Waals surface area contributed by atoms with Gasteiger partial charge in [0.15, 0.2) is 5.78 Å². The van der Waals surface area contributed by atoms with Crippen LogP contribution in [0.25, 0.3) is 10.9 Å². The SMILES string of the molecule is Cc1cc2ccccc2n1CC(=O)C(C)C. The molecule has 0 atom stereocenters. The van der Waals surface area contributed by atoms with E-state index in [0.717, 1.165) is 11.2 Å². The molecular weight excluding hydrogens is 198 g/mol. The third-order valence-electron chi connectivity index (χ3n) is 2.98. The number of Topliss-reactive ketones (excluding diaryl/α,β-unsaturated/α-hetero) is 1. The summed E-state index contributed by atoms with van der Waals surface area (Å²) >= 11 is 0. The van der Waals surface area contributed by atoms with Crippen LogP contribution in [0.5, 0.6) is 0 Å². The summed E-state index contributed by atoms with van der Waals surface area (Å²) in [5, 5.41) is 1.21. The first-order chi connectivity index (χ1) is 7.59. The Balaban J connectivity index is 2.44. The Labute approximate surface area is 95.9 Å². The fraction of sp³-hybridized carbons (Fsp3) is 0.357. The summed E-state index contributed by atoms with van der Waals surface area (Å²) in [6.07, 6.45) is 0. The summed E-state index contributed by atoms with van der Waals surface area (Å²) in [5.41, 5.74) is 2.30. The molecule has 1 aromatic heterocycles. The van der Waals surface area contributed by atoms with Gasteiger partial charge in [-0.2, -0.15) is 0 Å². The van der Waals surface area contributed by atoms with Crippen molar-refractivity contribution in [2.75, 3.05) is 0 Å². The van der Waals surface area contributed by atoms with E-state index in [9.17, 15) is 4.79 Å². The Kier molecular flexibility index (Phi) is 2.82. The fourth-order valence-electron chi connectivity index (χ4n) is 1.90. The predicted octanol–water partition coefficient (Wildman–Crippen LogP) is 3.17. The lowest BCUT2D eigenvalue weighted by molar-refractivity contribution is -0.122. The van der Waals surface area contributed by atoms with Gasteiger partial charge in [0.2, 0.25) is 0 Å². The van der Waals surface area contributed by atoms with Crippen LogP contribution >= 0.6 is 0 Å². The zero-order chi connectivity index (χ0) is 11.7. The van der Waals surface area contributed by atoms with Crippen molar-refractivity contribution >= 4 is 16.7 Å². The molecule has 0 saturated carbocycles. The van der Waals surface area contributed by atoms with E-state index in [0.29, 0.717) is 6.54 Å².